The summed E-state index contributed by atoms with van der Waals surface area (Å²) < 4.78 is 5.29. The normalized spacial score (nSPS) is 27.3. The van der Waals surface area contributed by atoms with Gasteiger partial charge in [0.15, 0.2) is 0 Å². The summed E-state index contributed by atoms with van der Waals surface area (Å²) in [6.45, 7) is 6.72. The first-order chi connectivity index (χ1) is 15.7. The molecule has 2 atom stereocenters. The highest BCUT2D eigenvalue weighted by molar-refractivity contribution is 6.30. The van der Waals surface area contributed by atoms with E-state index >= 15 is 0 Å². The van der Waals surface area contributed by atoms with Crippen LogP contribution in [0.3, 0.4) is 0 Å². The molecule has 1 fully saturated rings. The first-order valence-corrected chi connectivity index (χ1v) is 12.4. The monoisotopic (exact) mass is 469 g/mol. The molecule has 2 aromatic rings. The van der Waals surface area contributed by atoms with Crippen molar-refractivity contribution in [1.82, 2.24) is 0 Å². The molecule has 2 N–H and O–H groups in total. The van der Waals surface area contributed by atoms with E-state index in [-0.39, 0.29) is 23.9 Å². The van der Waals surface area contributed by atoms with Crippen LogP contribution in [0.4, 0.5) is 5.69 Å². The zero-order valence-corrected chi connectivity index (χ0v) is 21.0. The van der Waals surface area contributed by atoms with Gasteiger partial charge in [-0.1, -0.05) is 36.7 Å². The molecule has 5 heteroatoms. The standard InChI is InChI=1S/C28H36ClNO3/c1-18(17-31)12-22-15-21-13-19(2)20(3)14-25(21)27(22)8-10-28(11-9-27,26(32)33-4)30-24-7-5-6-23(29)16-24/h5-7,13-14,16,18,22,30-31H,8-12,15,17H2,1-4H3/t18-,22+,27?,28?/m1/s1. The molecule has 1 spiro atoms. The van der Waals surface area contributed by atoms with Crippen molar-refractivity contribution in [3.63, 3.8) is 0 Å². The van der Waals surface area contributed by atoms with E-state index in [0.29, 0.717) is 23.8 Å². The average Bonchev–Trinajstić information content (AvgIpc) is 3.07. The second-order valence-corrected chi connectivity index (χ2v) is 10.8. The molecule has 0 bridgehead atoms. The van der Waals surface area contributed by atoms with Crippen LogP contribution in [0.2, 0.25) is 5.02 Å². The Hall–Kier alpha value is -2.04. The molecule has 178 valence electrons. The van der Waals surface area contributed by atoms with Gasteiger partial charge in [0.05, 0.1) is 7.11 Å². The second kappa shape index (κ2) is 9.31. The van der Waals surface area contributed by atoms with Gasteiger partial charge in [-0.15, -0.1) is 0 Å². The van der Waals surface area contributed by atoms with Gasteiger partial charge in [0.1, 0.15) is 5.54 Å². The molecule has 0 radical (unpaired) electrons. The molecule has 0 amide bonds. The Morgan fingerprint density at radius 2 is 1.88 bits per heavy atom. The number of fused-ring (bicyclic) bond motifs is 2. The van der Waals surface area contributed by atoms with Crippen molar-refractivity contribution >= 4 is 23.3 Å². The first-order valence-electron chi connectivity index (χ1n) is 12.1. The largest absolute Gasteiger partial charge is 0.467 e. The van der Waals surface area contributed by atoms with Gasteiger partial charge in [-0.05, 0) is 110 Å². The fraction of sp³-hybridized carbons (Fsp3) is 0.536. The van der Waals surface area contributed by atoms with Gasteiger partial charge in [-0.25, -0.2) is 4.79 Å². The molecule has 0 aromatic heterocycles. The Kier molecular flexibility index (Phi) is 6.80. The Morgan fingerprint density at radius 1 is 1.18 bits per heavy atom. The smallest absolute Gasteiger partial charge is 0.331 e. The van der Waals surface area contributed by atoms with Crippen LogP contribution in [-0.4, -0.2) is 30.3 Å². The van der Waals surface area contributed by atoms with Gasteiger partial charge < -0.3 is 15.2 Å². The first kappa shape index (κ1) is 24.1. The molecule has 0 saturated heterocycles. The van der Waals surface area contributed by atoms with Gasteiger partial charge >= 0.3 is 5.97 Å². The summed E-state index contributed by atoms with van der Waals surface area (Å²) in [6, 6.07) is 12.3. The van der Waals surface area contributed by atoms with Gasteiger partial charge in [-0.2, -0.15) is 0 Å². The number of ether oxygens (including phenoxy) is 1. The minimum atomic E-state index is -0.764. The number of carbonyl (C=O) groups is 1. The zero-order chi connectivity index (χ0) is 23.8. The molecule has 1 saturated carbocycles. The third-order valence-electron chi connectivity index (χ3n) is 8.28. The van der Waals surface area contributed by atoms with Crippen molar-refractivity contribution in [1.29, 1.82) is 0 Å². The topological polar surface area (TPSA) is 58.6 Å². The van der Waals surface area contributed by atoms with Crippen LogP contribution in [0.5, 0.6) is 0 Å². The van der Waals surface area contributed by atoms with E-state index in [4.69, 9.17) is 16.3 Å². The van der Waals surface area contributed by atoms with Crippen LogP contribution >= 0.6 is 11.6 Å². The van der Waals surface area contributed by atoms with Crippen molar-refractivity contribution < 1.29 is 14.6 Å². The number of aliphatic hydroxyl groups is 1. The molecule has 33 heavy (non-hydrogen) atoms. The summed E-state index contributed by atoms with van der Waals surface area (Å²) >= 11 is 6.21. The van der Waals surface area contributed by atoms with Gasteiger partial charge in [-0.3, -0.25) is 0 Å². The lowest BCUT2D eigenvalue weighted by Gasteiger charge is -2.48. The minimum Gasteiger partial charge on any atom is -0.467 e. The Bertz CT molecular complexity index is 1030. The lowest BCUT2D eigenvalue weighted by Crippen LogP contribution is -2.53. The van der Waals surface area contributed by atoms with E-state index in [2.05, 4.69) is 38.2 Å². The predicted molar refractivity (Wildman–Crippen MR) is 134 cm³/mol. The summed E-state index contributed by atoms with van der Waals surface area (Å²) in [6.07, 6.45) is 5.26. The van der Waals surface area contributed by atoms with E-state index in [1.54, 1.807) is 0 Å². The molecule has 0 aliphatic heterocycles. The Labute approximate surface area is 202 Å². The number of esters is 1. The molecule has 2 aliphatic carbocycles. The Morgan fingerprint density at radius 3 is 2.52 bits per heavy atom. The van der Waals surface area contributed by atoms with E-state index in [1.807, 2.05) is 24.3 Å². The number of hydrogen-bond donors (Lipinski definition) is 2. The third-order valence-corrected chi connectivity index (χ3v) is 8.52. The molecule has 4 rings (SSSR count). The SMILES string of the molecule is COC(=O)C1(Nc2cccc(Cl)c2)CCC2(CC1)c1cc(C)c(C)cc1C[C@@H]2C[C@@H](C)CO. The van der Waals surface area contributed by atoms with Crippen LogP contribution in [0.15, 0.2) is 36.4 Å². The summed E-state index contributed by atoms with van der Waals surface area (Å²) in [7, 11) is 1.47. The van der Waals surface area contributed by atoms with Crippen molar-refractivity contribution in [3.8, 4) is 0 Å². The molecular weight excluding hydrogens is 434 g/mol. The number of methoxy groups -OCH3 is 1. The van der Waals surface area contributed by atoms with Crippen molar-refractivity contribution in [2.75, 3.05) is 19.0 Å². The van der Waals surface area contributed by atoms with Gasteiger partial charge in [0, 0.05) is 17.3 Å². The highest BCUT2D eigenvalue weighted by Crippen LogP contribution is 2.56. The predicted octanol–water partition coefficient (Wildman–Crippen LogP) is 5.98. The van der Waals surface area contributed by atoms with Crippen LogP contribution in [0.1, 0.15) is 61.3 Å². The number of nitrogens with one attached hydrogen (secondary N) is 1. The number of benzene rings is 2. The lowest BCUT2D eigenvalue weighted by atomic mass is 9.59. The van der Waals surface area contributed by atoms with Crippen molar-refractivity contribution in [2.24, 2.45) is 11.8 Å². The zero-order valence-electron chi connectivity index (χ0n) is 20.2. The number of rotatable bonds is 6. The third kappa shape index (κ3) is 4.40. The summed E-state index contributed by atoms with van der Waals surface area (Å²) in [5.74, 6) is 0.522. The van der Waals surface area contributed by atoms with E-state index < -0.39 is 5.54 Å². The summed E-state index contributed by atoms with van der Waals surface area (Å²) in [5.41, 5.74) is 5.68. The number of carbonyl (C=O) groups excluding carboxylic acids is 1. The highest BCUT2D eigenvalue weighted by atomic mass is 35.5. The number of hydrogen-bond acceptors (Lipinski definition) is 4. The van der Waals surface area contributed by atoms with E-state index in [9.17, 15) is 9.90 Å². The molecule has 0 heterocycles. The van der Waals surface area contributed by atoms with Crippen molar-refractivity contribution in [2.45, 2.75) is 70.3 Å². The Balaban J connectivity index is 1.68. The molecule has 0 unspecified atom stereocenters. The summed E-state index contributed by atoms with van der Waals surface area (Å²) in [5, 5.41) is 13.9. The average molecular weight is 470 g/mol. The van der Waals surface area contributed by atoms with Crippen molar-refractivity contribution in [3.05, 3.63) is 63.7 Å². The lowest BCUT2D eigenvalue weighted by molar-refractivity contribution is -0.148. The minimum absolute atomic E-state index is 0.0325. The summed E-state index contributed by atoms with van der Waals surface area (Å²) in [4.78, 5) is 13.1. The quantitative estimate of drug-likeness (QED) is 0.510. The second-order valence-electron chi connectivity index (χ2n) is 10.4. The highest BCUT2D eigenvalue weighted by Gasteiger charge is 2.54. The fourth-order valence-electron chi connectivity index (χ4n) is 6.28. The molecular formula is C28H36ClNO3. The molecule has 2 aromatic carbocycles. The number of aliphatic hydroxyl groups excluding tert-OH is 1. The maximum Gasteiger partial charge on any atom is 0.331 e. The maximum absolute atomic E-state index is 13.1. The van der Waals surface area contributed by atoms with Crippen LogP contribution in [0.25, 0.3) is 0 Å². The number of halogens is 1. The van der Waals surface area contributed by atoms with Crippen LogP contribution < -0.4 is 5.32 Å². The van der Waals surface area contributed by atoms with E-state index in [1.165, 1.54) is 29.4 Å². The fourth-order valence-corrected chi connectivity index (χ4v) is 6.47. The number of anilines is 1. The van der Waals surface area contributed by atoms with Crippen LogP contribution in [-0.2, 0) is 21.4 Å². The maximum atomic E-state index is 13.1. The molecule has 4 nitrogen and oxygen atoms in total. The molecule has 2 aliphatic rings. The van der Waals surface area contributed by atoms with Gasteiger partial charge in [0.25, 0.3) is 0 Å². The number of aryl methyl sites for hydroxylation is 2. The van der Waals surface area contributed by atoms with Gasteiger partial charge in [0.2, 0.25) is 0 Å². The van der Waals surface area contributed by atoms with Crippen LogP contribution in [0, 0.1) is 25.7 Å². The van der Waals surface area contributed by atoms with E-state index in [0.717, 1.165) is 31.4 Å².